The lowest BCUT2D eigenvalue weighted by molar-refractivity contribution is -0.115. The predicted molar refractivity (Wildman–Crippen MR) is 89.1 cm³/mol. The van der Waals surface area contributed by atoms with E-state index in [9.17, 15) is 4.79 Å². The van der Waals surface area contributed by atoms with Crippen molar-refractivity contribution in [2.75, 3.05) is 18.7 Å². The van der Waals surface area contributed by atoms with Gasteiger partial charge in [-0.2, -0.15) is 0 Å². The number of halogens is 1. The number of rotatable bonds is 5. The first-order valence-corrected chi connectivity index (χ1v) is 7.65. The summed E-state index contributed by atoms with van der Waals surface area (Å²) in [4.78, 5) is 12.0. The summed E-state index contributed by atoms with van der Waals surface area (Å²) in [5, 5.41) is 6.62. The van der Waals surface area contributed by atoms with Gasteiger partial charge in [-0.1, -0.05) is 17.7 Å². The Morgan fingerprint density at radius 2 is 2.00 bits per heavy atom. The summed E-state index contributed by atoms with van der Waals surface area (Å²) in [7, 11) is 0. The summed E-state index contributed by atoms with van der Waals surface area (Å²) >= 11 is 5.90. The molecule has 0 radical (unpaired) electrons. The molecule has 0 fully saturated rings. The number of hydrogen-bond donors (Lipinski definition) is 2. The normalized spacial score (nSPS) is 12.3. The van der Waals surface area contributed by atoms with Crippen molar-refractivity contribution in [2.24, 2.45) is 0 Å². The van der Waals surface area contributed by atoms with Crippen molar-refractivity contribution in [3.63, 3.8) is 0 Å². The highest BCUT2D eigenvalue weighted by Gasteiger charge is 2.13. The lowest BCUT2D eigenvalue weighted by Crippen LogP contribution is -2.27. The lowest BCUT2D eigenvalue weighted by Gasteiger charge is -2.10. The maximum Gasteiger partial charge on any atom is 0.238 e. The molecule has 5 nitrogen and oxygen atoms in total. The average molecular weight is 333 g/mol. The lowest BCUT2D eigenvalue weighted by atomic mass is 10.2. The number of hydrogen-bond acceptors (Lipinski definition) is 4. The van der Waals surface area contributed by atoms with E-state index >= 15 is 0 Å². The molecular weight excluding hydrogens is 316 g/mol. The molecule has 0 atom stereocenters. The predicted octanol–water partition coefficient (Wildman–Crippen LogP) is 3.11. The number of fused-ring (bicyclic) bond motifs is 1. The van der Waals surface area contributed by atoms with Crippen molar-refractivity contribution < 1.29 is 14.3 Å². The first-order valence-electron chi connectivity index (χ1n) is 7.27. The van der Waals surface area contributed by atoms with Crippen molar-refractivity contribution in [2.45, 2.75) is 13.5 Å². The number of benzene rings is 2. The fourth-order valence-corrected chi connectivity index (χ4v) is 2.56. The summed E-state index contributed by atoms with van der Waals surface area (Å²) in [6, 6.07) is 11.1. The van der Waals surface area contributed by atoms with Gasteiger partial charge in [-0.3, -0.25) is 4.79 Å². The van der Waals surface area contributed by atoms with Gasteiger partial charge in [-0.15, -0.1) is 0 Å². The quantitative estimate of drug-likeness (QED) is 0.883. The Labute approximate surface area is 139 Å². The minimum absolute atomic E-state index is 0.101. The highest BCUT2D eigenvalue weighted by atomic mass is 35.5. The summed E-state index contributed by atoms with van der Waals surface area (Å²) in [5.74, 6) is 1.39. The summed E-state index contributed by atoms with van der Waals surface area (Å²) in [6.45, 7) is 2.96. The van der Waals surface area contributed by atoms with Crippen molar-refractivity contribution >= 4 is 23.2 Å². The van der Waals surface area contributed by atoms with Crippen LogP contribution in [-0.4, -0.2) is 19.2 Å². The smallest absolute Gasteiger partial charge is 0.238 e. The van der Waals surface area contributed by atoms with E-state index < -0.39 is 0 Å². The standard InChI is InChI=1S/C17H17ClN2O3/c1-11-6-13(18)3-4-14(11)20-17(21)9-19-8-12-2-5-15-16(7-12)23-10-22-15/h2-7,19H,8-10H2,1H3,(H,20,21). The van der Waals surface area contributed by atoms with Crippen LogP contribution in [0.2, 0.25) is 5.02 Å². The third-order valence-electron chi connectivity index (χ3n) is 3.51. The second-order valence-electron chi connectivity index (χ2n) is 5.30. The van der Waals surface area contributed by atoms with Gasteiger partial charge in [0.05, 0.1) is 6.54 Å². The van der Waals surface area contributed by atoms with E-state index in [0.717, 1.165) is 28.3 Å². The first kappa shape index (κ1) is 15.6. The van der Waals surface area contributed by atoms with Gasteiger partial charge in [-0.05, 0) is 48.4 Å². The topological polar surface area (TPSA) is 59.6 Å². The van der Waals surface area contributed by atoms with Crippen LogP contribution in [0.25, 0.3) is 0 Å². The monoisotopic (exact) mass is 332 g/mol. The second-order valence-corrected chi connectivity index (χ2v) is 5.74. The maximum absolute atomic E-state index is 12.0. The Morgan fingerprint density at radius 1 is 1.17 bits per heavy atom. The molecule has 0 bridgehead atoms. The summed E-state index contributed by atoms with van der Waals surface area (Å²) < 4.78 is 10.6. The molecule has 2 aromatic rings. The first-order chi connectivity index (χ1) is 11.1. The van der Waals surface area contributed by atoms with E-state index in [1.807, 2.05) is 31.2 Å². The molecule has 0 aliphatic carbocycles. The number of ether oxygens (including phenoxy) is 2. The second kappa shape index (κ2) is 6.89. The van der Waals surface area contributed by atoms with E-state index in [1.54, 1.807) is 12.1 Å². The van der Waals surface area contributed by atoms with E-state index in [0.29, 0.717) is 11.6 Å². The Kier molecular flexibility index (Phi) is 4.69. The van der Waals surface area contributed by atoms with Crippen molar-refractivity contribution in [1.82, 2.24) is 5.32 Å². The molecule has 0 unspecified atom stereocenters. The highest BCUT2D eigenvalue weighted by molar-refractivity contribution is 6.30. The molecule has 2 aromatic carbocycles. The van der Waals surface area contributed by atoms with Gasteiger partial charge in [0.1, 0.15) is 0 Å². The fraction of sp³-hybridized carbons (Fsp3) is 0.235. The number of carbonyl (C=O) groups excluding carboxylic acids is 1. The Balaban J connectivity index is 1.49. The number of aryl methyl sites for hydroxylation is 1. The van der Waals surface area contributed by atoms with Gasteiger partial charge >= 0.3 is 0 Å². The zero-order valence-electron chi connectivity index (χ0n) is 12.7. The highest BCUT2D eigenvalue weighted by Crippen LogP contribution is 2.32. The maximum atomic E-state index is 12.0. The Hall–Kier alpha value is -2.24. The SMILES string of the molecule is Cc1cc(Cl)ccc1NC(=O)CNCc1ccc2c(c1)OCO2. The van der Waals surface area contributed by atoms with Gasteiger partial charge in [-0.25, -0.2) is 0 Å². The average Bonchev–Trinajstić information content (AvgIpc) is 2.98. The molecular formula is C17H17ClN2O3. The van der Waals surface area contributed by atoms with E-state index in [2.05, 4.69) is 10.6 Å². The van der Waals surface area contributed by atoms with Gasteiger partial charge in [0.2, 0.25) is 12.7 Å². The molecule has 0 spiro atoms. The van der Waals surface area contributed by atoms with Crippen molar-refractivity contribution in [3.05, 3.63) is 52.5 Å². The Morgan fingerprint density at radius 3 is 2.83 bits per heavy atom. The van der Waals surface area contributed by atoms with Crippen molar-refractivity contribution in [1.29, 1.82) is 0 Å². The fourth-order valence-electron chi connectivity index (χ4n) is 2.33. The molecule has 1 aliphatic rings. The summed E-state index contributed by atoms with van der Waals surface area (Å²) in [5.41, 5.74) is 2.73. The molecule has 23 heavy (non-hydrogen) atoms. The van der Waals surface area contributed by atoms with Crippen LogP contribution in [0.15, 0.2) is 36.4 Å². The van der Waals surface area contributed by atoms with Gasteiger partial charge in [0.25, 0.3) is 0 Å². The van der Waals surface area contributed by atoms with Crippen LogP contribution < -0.4 is 20.1 Å². The molecule has 0 saturated carbocycles. The zero-order chi connectivity index (χ0) is 16.2. The van der Waals surface area contributed by atoms with Crippen LogP contribution in [0.4, 0.5) is 5.69 Å². The van der Waals surface area contributed by atoms with Crippen LogP contribution in [0.5, 0.6) is 11.5 Å². The molecule has 0 saturated heterocycles. The molecule has 1 amide bonds. The van der Waals surface area contributed by atoms with Crippen LogP contribution in [-0.2, 0) is 11.3 Å². The molecule has 1 heterocycles. The molecule has 1 aliphatic heterocycles. The van der Waals surface area contributed by atoms with Gasteiger partial charge < -0.3 is 20.1 Å². The molecule has 120 valence electrons. The summed E-state index contributed by atoms with van der Waals surface area (Å²) in [6.07, 6.45) is 0. The molecule has 2 N–H and O–H groups in total. The number of nitrogens with one attached hydrogen (secondary N) is 2. The zero-order valence-corrected chi connectivity index (χ0v) is 13.4. The van der Waals surface area contributed by atoms with Gasteiger partial charge in [0.15, 0.2) is 11.5 Å². The molecule has 3 rings (SSSR count). The van der Waals surface area contributed by atoms with E-state index in [4.69, 9.17) is 21.1 Å². The number of anilines is 1. The number of amides is 1. The van der Waals surface area contributed by atoms with Crippen LogP contribution in [0.1, 0.15) is 11.1 Å². The number of carbonyl (C=O) groups is 1. The van der Waals surface area contributed by atoms with Crippen LogP contribution in [0, 0.1) is 6.92 Å². The van der Waals surface area contributed by atoms with Gasteiger partial charge in [0, 0.05) is 17.3 Å². The van der Waals surface area contributed by atoms with E-state index in [-0.39, 0.29) is 19.2 Å². The molecule has 6 heteroatoms. The largest absolute Gasteiger partial charge is 0.454 e. The third-order valence-corrected chi connectivity index (χ3v) is 3.75. The van der Waals surface area contributed by atoms with Crippen LogP contribution in [0.3, 0.4) is 0 Å². The minimum atomic E-state index is -0.101. The third kappa shape index (κ3) is 3.94. The Bertz CT molecular complexity index is 734. The van der Waals surface area contributed by atoms with E-state index in [1.165, 1.54) is 0 Å². The van der Waals surface area contributed by atoms with Crippen molar-refractivity contribution in [3.8, 4) is 11.5 Å². The minimum Gasteiger partial charge on any atom is -0.454 e. The molecule has 0 aromatic heterocycles. The van der Waals surface area contributed by atoms with Crippen LogP contribution >= 0.6 is 11.6 Å².